The van der Waals surface area contributed by atoms with Crippen LogP contribution >= 0.6 is 0 Å². The second-order valence-corrected chi connectivity index (χ2v) is 2.81. The molecule has 1 aromatic rings. The molecule has 0 heterocycles. The van der Waals surface area contributed by atoms with E-state index in [1.54, 1.807) is 0 Å². The third kappa shape index (κ3) is 1.63. The van der Waals surface area contributed by atoms with Crippen molar-refractivity contribution < 1.29 is 23.7 Å². The zero-order valence-corrected chi connectivity index (χ0v) is 7.71. The molecule has 0 aliphatic carbocycles. The van der Waals surface area contributed by atoms with Gasteiger partial charge in [-0.15, -0.1) is 0 Å². The molecule has 0 aliphatic rings. The number of aliphatic hydroxyl groups excluding tert-OH is 1. The van der Waals surface area contributed by atoms with Crippen LogP contribution in [0, 0.1) is 11.6 Å². The molecule has 3 nitrogen and oxygen atoms in total. The SMILES string of the molecule is COc1c(F)cc(F)c(C(C)O)c1O. The van der Waals surface area contributed by atoms with Gasteiger partial charge in [0.25, 0.3) is 0 Å². The number of phenolic OH excluding ortho intramolecular Hbond substituents is 1. The van der Waals surface area contributed by atoms with E-state index >= 15 is 0 Å². The number of aromatic hydroxyl groups is 1. The molecule has 1 atom stereocenters. The number of halogens is 2. The molecule has 0 bridgehead atoms. The topological polar surface area (TPSA) is 49.7 Å². The highest BCUT2D eigenvalue weighted by atomic mass is 19.1. The second kappa shape index (κ2) is 3.79. The molecule has 78 valence electrons. The summed E-state index contributed by atoms with van der Waals surface area (Å²) in [5, 5.41) is 18.5. The molecular weight excluding hydrogens is 194 g/mol. The summed E-state index contributed by atoms with van der Waals surface area (Å²) < 4.78 is 30.5. The van der Waals surface area contributed by atoms with Gasteiger partial charge in [0.2, 0.25) is 0 Å². The number of hydrogen-bond donors (Lipinski definition) is 2. The molecule has 0 fully saturated rings. The molecule has 0 saturated carbocycles. The van der Waals surface area contributed by atoms with Crippen LogP contribution in [0.3, 0.4) is 0 Å². The fourth-order valence-electron chi connectivity index (χ4n) is 1.19. The molecule has 0 aliphatic heterocycles. The number of phenols is 1. The summed E-state index contributed by atoms with van der Waals surface area (Å²) in [5.74, 6) is -3.19. The lowest BCUT2D eigenvalue weighted by Crippen LogP contribution is -2.00. The van der Waals surface area contributed by atoms with Crippen LogP contribution in [0.4, 0.5) is 8.78 Å². The summed E-state index contributed by atoms with van der Waals surface area (Å²) in [5.41, 5.74) is -0.372. The van der Waals surface area contributed by atoms with Crippen molar-refractivity contribution in [2.75, 3.05) is 7.11 Å². The minimum absolute atomic E-state index is 0.372. The quantitative estimate of drug-likeness (QED) is 0.771. The Morgan fingerprint density at radius 3 is 2.36 bits per heavy atom. The highest BCUT2D eigenvalue weighted by Gasteiger charge is 2.21. The number of hydrogen-bond acceptors (Lipinski definition) is 3. The van der Waals surface area contributed by atoms with Crippen molar-refractivity contribution in [1.82, 2.24) is 0 Å². The van der Waals surface area contributed by atoms with Crippen molar-refractivity contribution in [1.29, 1.82) is 0 Å². The van der Waals surface area contributed by atoms with Gasteiger partial charge in [0.1, 0.15) is 5.82 Å². The fraction of sp³-hybridized carbons (Fsp3) is 0.333. The monoisotopic (exact) mass is 204 g/mol. The Hall–Kier alpha value is -1.36. The Morgan fingerprint density at radius 2 is 1.93 bits per heavy atom. The zero-order chi connectivity index (χ0) is 10.9. The van der Waals surface area contributed by atoms with Gasteiger partial charge in [0.05, 0.1) is 18.8 Å². The molecule has 0 saturated heterocycles. The highest BCUT2D eigenvalue weighted by molar-refractivity contribution is 5.48. The average Bonchev–Trinajstić information content (AvgIpc) is 2.02. The Kier molecular flexibility index (Phi) is 2.90. The fourth-order valence-corrected chi connectivity index (χ4v) is 1.19. The van der Waals surface area contributed by atoms with Gasteiger partial charge in [-0.1, -0.05) is 0 Å². The van der Waals surface area contributed by atoms with Crippen LogP contribution < -0.4 is 4.74 Å². The standard InChI is InChI=1S/C9H10F2O3/c1-4(12)7-5(10)3-6(11)9(14-2)8(7)13/h3-4,12-13H,1-2H3. The van der Waals surface area contributed by atoms with Crippen molar-refractivity contribution in [3.63, 3.8) is 0 Å². The molecule has 5 heteroatoms. The van der Waals surface area contributed by atoms with E-state index in [4.69, 9.17) is 5.11 Å². The molecule has 0 radical (unpaired) electrons. The average molecular weight is 204 g/mol. The third-order valence-electron chi connectivity index (χ3n) is 1.82. The van der Waals surface area contributed by atoms with Crippen LogP contribution in [0.1, 0.15) is 18.6 Å². The Morgan fingerprint density at radius 1 is 1.36 bits per heavy atom. The van der Waals surface area contributed by atoms with Gasteiger partial charge in [-0.25, -0.2) is 8.78 Å². The van der Waals surface area contributed by atoms with E-state index in [-0.39, 0.29) is 5.56 Å². The van der Waals surface area contributed by atoms with Crippen molar-refractivity contribution >= 4 is 0 Å². The lowest BCUT2D eigenvalue weighted by Gasteiger charge is -2.12. The molecule has 14 heavy (non-hydrogen) atoms. The summed E-state index contributed by atoms with van der Waals surface area (Å²) in [6, 6.07) is 0.556. The first-order valence-corrected chi connectivity index (χ1v) is 3.92. The van der Waals surface area contributed by atoms with Crippen LogP contribution in [0.2, 0.25) is 0 Å². The predicted molar refractivity (Wildman–Crippen MR) is 45.2 cm³/mol. The highest BCUT2D eigenvalue weighted by Crippen LogP contribution is 2.37. The van der Waals surface area contributed by atoms with Gasteiger partial charge in [-0.2, -0.15) is 0 Å². The molecule has 1 aromatic carbocycles. The first-order valence-electron chi connectivity index (χ1n) is 3.92. The maximum Gasteiger partial charge on any atom is 0.197 e. The van der Waals surface area contributed by atoms with Gasteiger partial charge < -0.3 is 14.9 Å². The minimum Gasteiger partial charge on any atom is -0.504 e. The van der Waals surface area contributed by atoms with E-state index in [1.165, 1.54) is 6.92 Å². The maximum absolute atomic E-state index is 13.1. The third-order valence-corrected chi connectivity index (χ3v) is 1.82. The van der Waals surface area contributed by atoms with E-state index in [1.807, 2.05) is 0 Å². The van der Waals surface area contributed by atoms with Crippen molar-refractivity contribution in [3.8, 4) is 11.5 Å². The van der Waals surface area contributed by atoms with Crippen LogP contribution in [-0.4, -0.2) is 17.3 Å². The molecule has 0 amide bonds. The van der Waals surface area contributed by atoms with Crippen LogP contribution in [0.5, 0.6) is 11.5 Å². The largest absolute Gasteiger partial charge is 0.504 e. The lowest BCUT2D eigenvalue weighted by molar-refractivity contribution is 0.187. The second-order valence-electron chi connectivity index (χ2n) is 2.81. The van der Waals surface area contributed by atoms with Gasteiger partial charge in [0.15, 0.2) is 17.3 Å². The van der Waals surface area contributed by atoms with Crippen LogP contribution in [0.15, 0.2) is 6.07 Å². The summed E-state index contributed by atoms with van der Waals surface area (Å²) in [6.07, 6.45) is -1.23. The van der Waals surface area contributed by atoms with Gasteiger partial charge in [-0.05, 0) is 6.92 Å². The first kappa shape index (κ1) is 10.7. The Labute approximate surface area is 79.6 Å². The van der Waals surface area contributed by atoms with E-state index in [0.717, 1.165) is 7.11 Å². The Balaban J connectivity index is 3.44. The van der Waals surface area contributed by atoms with Gasteiger partial charge in [0, 0.05) is 6.07 Å². The van der Waals surface area contributed by atoms with Crippen molar-refractivity contribution in [3.05, 3.63) is 23.3 Å². The molecule has 1 rings (SSSR count). The predicted octanol–water partition coefficient (Wildman–Crippen LogP) is 1.73. The number of ether oxygens (including phenoxy) is 1. The van der Waals surface area contributed by atoms with Crippen LogP contribution in [0.25, 0.3) is 0 Å². The van der Waals surface area contributed by atoms with Gasteiger partial charge in [-0.3, -0.25) is 0 Å². The molecular formula is C9H10F2O3. The van der Waals surface area contributed by atoms with Gasteiger partial charge >= 0.3 is 0 Å². The molecule has 0 spiro atoms. The summed E-state index contributed by atoms with van der Waals surface area (Å²) >= 11 is 0. The van der Waals surface area contributed by atoms with E-state index in [9.17, 15) is 13.9 Å². The smallest absolute Gasteiger partial charge is 0.197 e. The maximum atomic E-state index is 13.1. The zero-order valence-electron chi connectivity index (χ0n) is 7.71. The number of methoxy groups -OCH3 is 1. The number of rotatable bonds is 2. The molecule has 1 unspecified atom stereocenters. The molecule has 2 N–H and O–H groups in total. The summed E-state index contributed by atoms with van der Waals surface area (Å²) in [4.78, 5) is 0. The van der Waals surface area contributed by atoms with E-state index in [2.05, 4.69) is 4.74 Å². The minimum atomic E-state index is -1.23. The van der Waals surface area contributed by atoms with Crippen molar-refractivity contribution in [2.45, 2.75) is 13.0 Å². The van der Waals surface area contributed by atoms with E-state index in [0.29, 0.717) is 6.07 Å². The summed E-state index contributed by atoms with van der Waals surface area (Å²) in [7, 11) is 1.14. The van der Waals surface area contributed by atoms with E-state index < -0.39 is 29.2 Å². The number of aliphatic hydroxyl groups is 1. The normalized spacial score (nSPS) is 12.6. The van der Waals surface area contributed by atoms with Crippen molar-refractivity contribution in [2.24, 2.45) is 0 Å². The number of benzene rings is 1. The lowest BCUT2D eigenvalue weighted by atomic mass is 10.1. The Bertz CT molecular complexity index is 350. The van der Waals surface area contributed by atoms with Crippen LogP contribution in [-0.2, 0) is 0 Å². The first-order chi connectivity index (χ1) is 6.49. The summed E-state index contributed by atoms with van der Waals surface area (Å²) in [6.45, 7) is 1.26. The molecule has 0 aromatic heterocycles.